The van der Waals surface area contributed by atoms with Crippen molar-refractivity contribution in [1.82, 2.24) is 9.88 Å². The maximum Gasteiger partial charge on any atom is 0.0974 e. The quantitative estimate of drug-likeness (QED) is 0.477. The number of fused-ring (bicyclic) bond motifs is 2. The summed E-state index contributed by atoms with van der Waals surface area (Å²) in [4.78, 5) is 6.98. The predicted molar refractivity (Wildman–Crippen MR) is 142 cm³/mol. The number of aromatic nitrogens is 1. The molecule has 2 aliphatic heterocycles. The lowest BCUT2D eigenvalue weighted by atomic mass is 9.58. The molecule has 1 aromatic heterocycles. The number of allylic oxidation sites excluding steroid dienone is 1. The SMILES string of the molecule is CC(C)N(C)C1CCC2=CC3=CCC4(C)C(c5ccc6ccncc6c5)CC[C@H]4[C@@]34CC[C@]2(C1)O4. The molecule has 3 nitrogen and oxygen atoms in total. The highest BCUT2D eigenvalue weighted by Gasteiger charge is 2.66. The van der Waals surface area contributed by atoms with Crippen LogP contribution in [0, 0.1) is 11.3 Å². The lowest BCUT2D eigenvalue weighted by molar-refractivity contribution is -0.141. The molecule has 3 unspecified atom stereocenters. The number of pyridine rings is 1. The summed E-state index contributed by atoms with van der Waals surface area (Å²) in [5.74, 6) is 1.19. The van der Waals surface area contributed by atoms with Gasteiger partial charge < -0.3 is 9.64 Å². The van der Waals surface area contributed by atoms with Gasteiger partial charge in [0.15, 0.2) is 0 Å². The third-order valence-electron chi connectivity index (χ3n) is 11.1. The minimum Gasteiger partial charge on any atom is -0.359 e. The first-order valence-corrected chi connectivity index (χ1v) is 14.0. The lowest BCUT2D eigenvalue weighted by Gasteiger charge is -2.55. The molecule has 3 aliphatic carbocycles. The van der Waals surface area contributed by atoms with Gasteiger partial charge in [-0.15, -0.1) is 0 Å². The molecule has 5 aliphatic rings. The summed E-state index contributed by atoms with van der Waals surface area (Å²) in [7, 11) is 2.32. The summed E-state index contributed by atoms with van der Waals surface area (Å²) in [5.41, 5.74) is 4.79. The van der Waals surface area contributed by atoms with Crippen LogP contribution < -0.4 is 0 Å². The van der Waals surface area contributed by atoms with Crippen molar-refractivity contribution in [3.8, 4) is 0 Å². The van der Waals surface area contributed by atoms with Crippen molar-refractivity contribution < 1.29 is 4.74 Å². The fraction of sp³-hybridized carbons (Fsp3) is 0.594. The van der Waals surface area contributed by atoms with E-state index in [1.165, 1.54) is 73.3 Å². The molecule has 2 aromatic rings. The molecule has 0 amide bonds. The molecule has 1 aromatic carbocycles. The van der Waals surface area contributed by atoms with Crippen LogP contribution >= 0.6 is 0 Å². The summed E-state index contributed by atoms with van der Waals surface area (Å²) in [6.07, 6.45) is 18.9. The monoisotopic (exact) mass is 468 g/mol. The normalized spacial score (nSPS) is 39.9. The Morgan fingerprint density at radius 3 is 2.83 bits per heavy atom. The molecule has 35 heavy (non-hydrogen) atoms. The summed E-state index contributed by atoms with van der Waals surface area (Å²) >= 11 is 0. The van der Waals surface area contributed by atoms with E-state index in [1.807, 2.05) is 12.4 Å². The van der Waals surface area contributed by atoms with Crippen LogP contribution in [0.5, 0.6) is 0 Å². The third-order valence-corrected chi connectivity index (χ3v) is 11.1. The highest BCUT2D eigenvalue weighted by Crippen LogP contribution is 2.69. The molecule has 2 saturated carbocycles. The third kappa shape index (κ3) is 3.01. The summed E-state index contributed by atoms with van der Waals surface area (Å²) in [5, 5.41) is 2.56. The molecule has 3 heterocycles. The van der Waals surface area contributed by atoms with E-state index in [1.54, 1.807) is 5.57 Å². The number of hydrogen-bond acceptors (Lipinski definition) is 3. The van der Waals surface area contributed by atoms with Crippen LogP contribution in [-0.2, 0) is 4.74 Å². The van der Waals surface area contributed by atoms with Gasteiger partial charge in [-0.3, -0.25) is 4.98 Å². The maximum atomic E-state index is 7.50. The highest BCUT2D eigenvalue weighted by atomic mass is 16.5. The number of benzene rings is 1. The number of hydrogen-bond donors (Lipinski definition) is 0. The van der Waals surface area contributed by atoms with Gasteiger partial charge in [0.1, 0.15) is 0 Å². The van der Waals surface area contributed by atoms with Gasteiger partial charge >= 0.3 is 0 Å². The molecule has 3 heteroatoms. The number of rotatable bonds is 3. The van der Waals surface area contributed by atoms with Crippen LogP contribution in [0.15, 0.2) is 60.0 Å². The summed E-state index contributed by atoms with van der Waals surface area (Å²) < 4.78 is 7.50. The van der Waals surface area contributed by atoms with Crippen molar-refractivity contribution in [2.45, 2.75) is 101 Å². The van der Waals surface area contributed by atoms with Crippen LogP contribution in [0.3, 0.4) is 0 Å². The van der Waals surface area contributed by atoms with Gasteiger partial charge in [-0.25, -0.2) is 0 Å². The molecule has 0 N–H and O–H groups in total. The fourth-order valence-corrected chi connectivity index (χ4v) is 9.02. The Bertz CT molecular complexity index is 1250. The number of nitrogens with zero attached hydrogens (tertiary/aromatic N) is 2. The second-order valence-corrected chi connectivity index (χ2v) is 12.8. The van der Waals surface area contributed by atoms with Crippen molar-refractivity contribution in [3.05, 3.63) is 65.5 Å². The van der Waals surface area contributed by atoms with Gasteiger partial charge in [-0.05, 0) is 124 Å². The number of ether oxygens (including phenoxy) is 1. The summed E-state index contributed by atoms with van der Waals surface area (Å²) in [6.45, 7) is 7.24. The van der Waals surface area contributed by atoms with E-state index >= 15 is 0 Å². The zero-order valence-corrected chi connectivity index (χ0v) is 21.9. The molecule has 1 saturated heterocycles. The van der Waals surface area contributed by atoms with Crippen LogP contribution in [0.4, 0.5) is 0 Å². The van der Waals surface area contributed by atoms with Crippen LogP contribution in [-0.4, -0.2) is 40.2 Å². The van der Waals surface area contributed by atoms with Crippen molar-refractivity contribution in [2.75, 3.05) is 7.05 Å². The Kier molecular flexibility index (Phi) is 4.78. The van der Waals surface area contributed by atoms with E-state index < -0.39 is 0 Å². The Morgan fingerprint density at radius 1 is 1.09 bits per heavy atom. The molecule has 3 fully saturated rings. The van der Waals surface area contributed by atoms with Gasteiger partial charge in [0, 0.05) is 29.9 Å². The van der Waals surface area contributed by atoms with E-state index in [-0.39, 0.29) is 16.6 Å². The van der Waals surface area contributed by atoms with Crippen molar-refractivity contribution in [1.29, 1.82) is 0 Å². The largest absolute Gasteiger partial charge is 0.359 e. The smallest absolute Gasteiger partial charge is 0.0974 e. The van der Waals surface area contributed by atoms with E-state index in [4.69, 9.17) is 4.74 Å². The first-order valence-electron chi connectivity index (χ1n) is 14.0. The molecule has 2 bridgehead atoms. The van der Waals surface area contributed by atoms with Crippen LogP contribution in [0.25, 0.3) is 10.8 Å². The Labute approximate surface area is 210 Å². The second kappa shape index (κ2) is 7.52. The predicted octanol–water partition coefficient (Wildman–Crippen LogP) is 7.19. The van der Waals surface area contributed by atoms with Crippen molar-refractivity contribution in [3.63, 3.8) is 0 Å². The highest BCUT2D eigenvalue weighted by molar-refractivity contribution is 5.82. The first-order chi connectivity index (χ1) is 16.8. The van der Waals surface area contributed by atoms with Gasteiger partial charge in [0.2, 0.25) is 0 Å². The zero-order chi connectivity index (χ0) is 24.0. The average molecular weight is 469 g/mol. The molecule has 6 atom stereocenters. The van der Waals surface area contributed by atoms with Gasteiger partial charge in [0.05, 0.1) is 11.2 Å². The minimum atomic E-state index is -0.0675. The molecule has 0 radical (unpaired) electrons. The van der Waals surface area contributed by atoms with Gasteiger partial charge in [-0.1, -0.05) is 31.2 Å². The van der Waals surface area contributed by atoms with Crippen molar-refractivity contribution >= 4 is 10.8 Å². The lowest BCUT2D eigenvalue weighted by Crippen LogP contribution is -2.55. The Balaban J connectivity index is 1.25. The molecule has 2 spiro atoms. The van der Waals surface area contributed by atoms with Crippen LogP contribution in [0.2, 0.25) is 0 Å². The van der Waals surface area contributed by atoms with Crippen molar-refractivity contribution in [2.24, 2.45) is 11.3 Å². The second-order valence-electron chi connectivity index (χ2n) is 12.8. The molecular formula is C32H40N2O. The standard InChI is InChI=1S/C32H40N2O/c1-21(2)34(4)27-8-7-25-18-26-11-13-30(3)28(23-6-5-22-12-16-33-20-24(22)17-23)9-10-29(30)32(26)15-14-31(25,19-27)35-32/h5-6,11-12,16-18,20-21,27-29H,7-10,13-15,19H2,1-4H3/t27?,28?,29-,30?,31-,32-/m1/s1. The fourth-order valence-electron chi connectivity index (χ4n) is 9.02. The minimum absolute atomic E-state index is 0.0195. The summed E-state index contributed by atoms with van der Waals surface area (Å²) in [6, 6.07) is 10.4. The maximum absolute atomic E-state index is 7.50. The molecule has 7 rings (SSSR count). The van der Waals surface area contributed by atoms with Crippen LogP contribution in [0.1, 0.15) is 83.6 Å². The molecular weight excluding hydrogens is 428 g/mol. The topological polar surface area (TPSA) is 25.4 Å². The van der Waals surface area contributed by atoms with E-state index in [9.17, 15) is 0 Å². The first kappa shape index (κ1) is 22.2. The van der Waals surface area contributed by atoms with E-state index in [0.29, 0.717) is 23.9 Å². The Morgan fingerprint density at radius 2 is 1.97 bits per heavy atom. The zero-order valence-electron chi connectivity index (χ0n) is 21.9. The van der Waals surface area contributed by atoms with Gasteiger partial charge in [0.25, 0.3) is 0 Å². The Hall–Kier alpha value is -1.97. The average Bonchev–Trinajstić information content (AvgIpc) is 3.38. The van der Waals surface area contributed by atoms with E-state index in [0.717, 1.165) is 0 Å². The van der Waals surface area contributed by atoms with Gasteiger partial charge in [-0.2, -0.15) is 0 Å². The van der Waals surface area contributed by atoms with E-state index in [2.05, 4.69) is 74.1 Å². The molecule has 184 valence electrons.